The van der Waals surface area contributed by atoms with Gasteiger partial charge in [0.2, 0.25) is 5.88 Å². The minimum atomic E-state index is -0.356. The summed E-state index contributed by atoms with van der Waals surface area (Å²) in [6, 6.07) is 7.20. The van der Waals surface area contributed by atoms with Gasteiger partial charge in [-0.15, -0.1) is 0 Å². The Morgan fingerprint density at radius 1 is 1.41 bits per heavy atom. The minimum Gasteiger partial charge on any atom is -0.488 e. The third-order valence-electron chi connectivity index (χ3n) is 4.37. The molecule has 0 unspecified atom stereocenters. The first kappa shape index (κ1) is 19.1. The Labute approximate surface area is 158 Å². The minimum absolute atomic E-state index is 0.120. The molecule has 2 heterocycles. The van der Waals surface area contributed by atoms with Crippen LogP contribution in [0.3, 0.4) is 0 Å². The molecule has 27 heavy (non-hydrogen) atoms. The zero-order chi connectivity index (χ0) is 19.2. The predicted octanol–water partition coefficient (Wildman–Crippen LogP) is 2.53. The summed E-state index contributed by atoms with van der Waals surface area (Å²) in [5, 5.41) is 3.98. The van der Waals surface area contributed by atoms with Gasteiger partial charge in [-0.1, -0.05) is 18.7 Å². The number of carbonyl (C=O) groups excluding carboxylic acids is 1. The Balaban J connectivity index is 1.86. The van der Waals surface area contributed by atoms with E-state index in [9.17, 15) is 4.79 Å². The van der Waals surface area contributed by atoms with Crippen molar-refractivity contribution in [3.8, 4) is 11.6 Å². The first-order valence-corrected chi connectivity index (χ1v) is 8.90. The van der Waals surface area contributed by atoms with Crippen LogP contribution in [0.2, 0.25) is 0 Å². The lowest BCUT2D eigenvalue weighted by Crippen LogP contribution is -2.31. The van der Waals surface area contributed by atoms with Gasteiger partial charge in [-0.25, -0.2) is 4.98 Å². The van der Waals surface area contributed by atoms with Gasteiger partial charge in [0, 0.05) is 31.0 Å². The Bertz CT molecular complexity index is 823. The summed E-state index contributed by atoms with van der Waals surface area (Å²) in [4.78, 5) is 16.2. The van der Waals surface area contributed by atoms with Crippen molar-refractivity contribution < 1.29 is 23.7 Å². The molecule has 0 aliphatic carbocycles. The van der Waals surface area contributed by atoms with E-state index in [0.717, 1.165) is 16.5 Å². The molecule has 1 aromatic carbocycles. The highest BCUT2D eigenvalue weighted by molar-refractivity contribution is 5.87. The van der Waals surface area contributed by atoms with E-state index < -0.39 is 0 Å². The molecule has 144 valence electrons. The normalized spacial score (nSPS) is 19.0. The highest BCUT2D eigenvalue weighted by atomic mass is 16.7. The number of ether oxygens (including phenoxy) is 4. The van der Waals surface area contributed by atoms with E-state index in [-0.39, 0.29) is 24.9 Å². The number of esters is 1. The average molecular weight is 372 g/mol. The van der Waals surface area contributed by atoms with Crippen molar-refractivity contribution >= 4 is 22.9 Å². The van der Waals surface area contributed by atoms with Crippen LogP contribution in [-0.4, -0.2) is 50.2 Å². The summed E-state index contributed by atoms with van der Waals surface area (Å²) in [7, 11) is 1.38. The van der Waals surface area contributed by atoms with Crippen LogP contribution in [-0.2, 0) is 14.3 Å². The number of rotatable bonds is 8. The number of aromatic nitrogens is 1. The number of hydrogen-bond acceptors (Lipinski definition) is 7. The second-order valence-electron chi connectivity index (χ2n) is 6.15. The van der Waals surface area contributed by atoms with Crippen molar-refractivity contribution in [2.45, 2.75) is 25.5 Å². The Kier molecular flexibility index (Phi) is 6.26. The molecule has 2 aromatic rings. The van der Waals surface area contributed by atoms with Gasteiger partial charge in [-0.05, 0) is 24.6 Å². The molecule has 0 saturated carbocycles. The van der Waals surface area contributed by atoms with Gasteiger partial charge < -0.3 is 24.3 Å². The van der Waals surface area contributed by atoms with Crippen LogP contribution in [0, 0.1) is 0 Å². The average Bonchev–Trinajstić information content (AvgIpc) is 3.16. The molecule has 1 aromatic heterocycles. The second-order valence-corrected chi connectivity index (χ2v) is 6.15. The number of benzene rings is 1. The number of nitrogens with one attached hydrogen (secondary N) is 1. The smallest absolute Gasteiger partial charge is 0.323 e. The fraction of sp³-hybridized carbons (Fsp3) is 0.400. The number of methoxy groups -OCH3 is 1. The van der Waals surface area contributed by atoms with Crippen molar-refractivity contribution in [3.05, 3.63) is 36.4 Å². The van der Waals surface area contributed by atoms with E-state index in [1.54, 1.807) is 12.1 Å². The van der Waals surface area contributed by atoms with Gasteiger partial charge in [0.1, 0.15) is 17.9 Å². The van der Waals surface area contributed by atoms with Crippen LogP contribution in [0.5, 0.6) is 11.6 Å². The molecule has 0 spiro atoms. The first-order chi connectivity index (χ1) is 13.1. The van der Waals surface area contributed by atoms with Crippen molar-refractivity contribution in [2.75, 3.05) is 27.1 Å². The molecule has 1 N–H and O–H groups in total. The summed E-state index contributed by atoms with van der Waals surface area (Å²) >= 11 is 0. The van der Waals surface area contributed by atoms with Crippen LogP contribution in [0.25, 0.3) is 17.0 Å². The van der Waals surface area contributed by atoms with E-state index in [2.05, 4.69) is 16.9 Å². The SMILES string of the molecule is C=Cc1ccc2nc(OCOCC)cc(O[C@H]3CN[C@H](C(=O)OC)C3)c2c1. The van der Waals surface area contributed by atoms with E-state index in [1.807, 2.05) is 25.1 Å². The second kappa shape index (κ2) is 8.83. The van der Waals surface area contributed by atoms with E-state index in [0.29, 0.717) is 31.2 Å². The lowest BCUT2D eigenvalue weighted by molar-refractivity contribution is -0.142. The number of pyridine rings is 1. The molecule has 1 aliphatic heterocycles. The summed E-state index contributed by atoms with van der Waals surface area (Å²) in [6.45, 7) is 6.94. The standard InChI is InChI=1S/C20H24N2O5/c1-4-13-6-7-16-15(8-13)18(10-19(22-16)26-12-25-5-2)27-14-9-17(21-11-14)20(23)24-3/h4,6-8,10,14,17,21H,1,5,9,11-12H2,2-3H3/t14-,17+/m1/s1. The number of carbonyl (C=O) groups is 1. The molecule has 7 heteroatoms. The molecular weight excluding hydrogens is 348 g/mol. The maximum absolute atomic E-state index is 11.7. The third-order valence-corrected chi connectivity index (χ3v) is 4.37. The molecule has 1 aliphatic rings. The van der Waals surface area contributed by atoms with Crippen LogP contribution in [0.15, 0.2) is 30.8 Å². The maximum atomic E-state index is 11.7. The zero-order valence-electron chi connectivity index (χ0n) is 15.6. The van der Waals surface area contributed by atoms with Crippen LogP contribution >= 0.6 is 0 Å². The molecule has 1 saturated heterocycles. The highest BCUT2D eigenvalue weighted by Crippen LogP contribution is 2.31. The monoisotopic (exact) mass is 372 g/mol. The molecular formula is C20H24N2O5. The molecule has 0 bridgehead atoms. The fourth-order valence-electron chi connectivity index (χ4n) is 2.97. The number of hydrogen-bond donors (Lipinski definition) is 1. The quantitative estimate of drug-likeness (QED) is 0.433. The van der Waals surface area contributed by atoms with Gasteiger partial charge in [0.05, 0.1) is 12.6 Å². The van der Waals surface area contributed by atoms with Crippen molar-refractivity contribution in [1.82, 2.24) is 10.3 Å². The first-order valence-electron chi connectivity index (χ1n) is 8.90. The number of nitrogens with zero attached hydrogens (tertiary/aromatic N) is 1. The van der Waals surface area contributed by atoms with Crippen LogP contribution in [0.4, 0.5) is 0 Å². The Hall–Kier alpha value is -2.64. The molecule has 1 fully saturated rings. The Morgan fingerprint density at radius 2 is 2.26 bits per heavy atom. The lowest BCUT2D eigenvalue weighted by atomic mass is 10.1. The topological polar surface area (TPSA) is 78.9 Å². The van der Waals surface area contributed by atoms with E-state index in [4.69, 9.17) is 18.9 Å². The highest BCUT2D eigenvalue weighted by Gasteiger charge is 2.31. The molecule has 7 nitrogen and oxygen atoms in total. The van der Waals surface area contributed by atoms with Gasteiger partial charge in [-0.2, -0.15) is 0 Å². The molecule has 0 amide bonds. The van der Waals surface area contributed by atoms with Gasteiger partial charge >= 0.3 is 5.97 Å². The van der Waals surface area contributed by atoms with Gasteiger partial charge in [-0.3, -0.25) is 4.79 Å². The number of fused-ring (bicyclic) bond motifs is 1. The fourth-order valence-corrected chi connectivity index (χ4v) is 2.97. The van der Waals surface area contributed by atoms with Crippen LogP contribution < -0.4 is 14.8 Å². The summed E-state index contributed by atoms with van der Waals surface area (Å²) in [6.07, 6.45) is 2.15. The van der Waals surface area contributed by atoms with Crippen LogP contribution in [0.1, 0.15) is 18.9 Å². The molecule has 0 radical (unpaired) electrons. The van der Waals surface area contributed by atoms with Gasteiger partial charge in [0.25, 0.3) is 0 Å². The summed E-state index contributed by atoms with van der Waals surface area (Å²) in [5.74, 6) is 0.788. The van der Waals surface area contributed by atoms with Crippen molar-refractivity contribution in [2.24, 2.45) is 0 Å². The zero-order valence-corrected chi connectivity index (χ0v) is 15.6. The summed E-state index contributed by atoms with van der Waals surface area (Å²) < 4.78 is 21.8. The van der Waals surface area contributed by atoms with Crippen molar-refractivity contribution in [1.29, 1.82) is 0 Å². The van der Waals surface area contributed by atoms with E-state index >= 15 is 0 Å². The predicted molar refractivity (Wildman–Crippen MR) is 102 cm³/mol. The Morgan fingerprint density at radius 3 is 3.00 bits per heavy atom. The lowest BCUT2D eigenvalue weighted by Gasteiger charge is -2.16. The molecule has 2 atom stereocenters. The maximum Gasteiger partial charge on any atom is 0.323 e. The van der Waals surface area contributed by atoms with Crippen molar-refractivity contribution in [3.63, 3.8) is 0 Å². The largest absolute Gasteiger partial charge is 0.488 e. The summed E-state index contributed by atoms with van der Waals surface area (Å²) in [5.41, 5.74) is 1.72. The molecule has 3 rings (SSSR count). The van der Waals surface area contributed by atoms with Gasteiger partial charge in [0.15, 0.2) is 6.79 Å². The van der Waals surface area contributed by atoms with E-state index in [1.165, 1.54) is 7.11 Å². The third kappa shape index (κ3) is 4.56.